The van der Waals surface area contributed by atoms with E-state index in [-0.39, 0.29) is 29.8 Å². The van der Waals surface area contributed by atoms with E-state index in [1.54, 1.807) is 41.1 Å². The molecule has 2 aromatic rings. The van der Waals surface area contributed by atoms with E-state index in [1.807, 2.05) is 26.0 Å². The van der Waals surface area contributed by atoms with Gasteiger partial charge in [0.1, 0.15) is 11.9 Å². The van der Waals surface area contributed by atoms with Crippen molar-refractivity contribution in [3.63, 3.8) is 0 Å². The van der Waals surface area contributed by atoms with E-state index < -0.39 is 17.3 Å². The van der Waals surface area contributed by atoms with Crippen LogP contribution in [-0.2, 0) is 9.59 Å². The molecular weight excluding hydrogens is 483 g/mol. The van der Waals surface area contributed by atoms with Crippen molar-refractivity contribution >= 4 is 35.1 Å². The average Bonchev–Trinajstić information content (AvgIpc) is 2.89. The Balaban J connectivity index is 1.54. The quantitative estimate of drug-likeness (QED) is 0.556. The first-order valence-electron chi connectivity index (χ1n) is 12.3. The molecule has 0 saturated carbocycles. The van der Waals surface area contributed by atoms with E-state index in [4.69, 9.17) is 11.6 Å². The normalized spacial score (nSPS) is 20.5. The molecule has 7 nitrogen and oxygen atoms in total. The Kier molecular flexibility index (Phi) is 7.54. The minimum absolute atomic E-state index is 0.0210. The molecule has 4 rings (SSSR count). The number of hydrogen-bond acceptors (Lipinski definition) is 3. The van der Waals surface area contributed by atoms with Crippen molar-refractivity contribution in [1.82, 2.24) is 15.5 Å². The van der Waals surface area contributed by atoms with Crippen LogP contribution in [0.1, 0.15) is 44.7 Å². The van der Waals surface area contributed by atoms with Crippen LogP contribution in [0, 0.1) is 17.2 Å². The van der Waals surface area contributed by atoms with Crippen LogP contribution in [0.15, 0.2) is 48.5 Å². The van der Waals surface area contributed by atoms with E-state index >= 15 is 0 Å². The Morgan fingerprint density at radius 3 is 2.42 bits per heavy atom. The smallest absolute Gasteiger partial charge is 0.318 e. The molecule has 2 saturated heterocycles. The van der Waals surface area contributed by atoms with Crippen LogP contribution in [0.25, 0.3) is 0 Å². The summed E-state index contributed by atoms with van der Waals surface area (Å²) in [7, 11) is 1.55. The van der Waals surface area contributed by atoms with Gasteiger partial charge in [-0.05, 0) is 54.7 Å². The highest BCUT2D eigenvalue weighted by Crippen LogP contribution is 2.57. The molecule has 0 aromatic heterocycles. The third kappa shape index (κ3) is 4.66. The number of nitrogens with one attached hydrogen (secondary N) is 2. The lowest BCUT2D eigenvalue weighted by Crippen LogP contribution is -2.67. The first-order chi connectivity index (χ1) is 17.2. The molecule has 36 heavy (non-hydrogen) atoms. The molecule has 2 aliphatic heterocycles. The van der Waals surface area contributed by atoms with E-state index in [0.29, 0.717) is 36.6 Å². The number of hydrogen-bond donors (Lipinski definition) is 2. The fraction of sp³-hybridized carbons (Fsp3) is 0.444. The summed E-state index contributed by atoms with van der Waals surface area (Å²) in [5, 5.41) is 6.09. The molecule has 2 N–H and O–H groups in total. The maximum Gasteiger partial charge on any atom is 0.318 e. The Hall–Kier alpha value is -3.13. The van der Waals surface area contributed by atoms with Crippen molar-refractivity contribution in [2.24, 2.45) is 11.3 Å². The third-order valence-electron chi connectivity index (χ3n) is 7.66. The van der Waals surface area contributed by atoms with Gasteiger partial charge in [-0.3, -0.25) is 9.59 Å². The molecular formula is C27H32ClFN4O3. The van der Waals surface area contributed by atoms with Crippen molar-refractivity contribution in [2.75, 3.05) is 25.0 Å². The molecule has 0 radical (unpaired) electrons. The Morgan fingerprint density at radius 2 is 1.83 bits per heavy atom. The summed E-state index contributed by atoms with van der Waals surface area (Å²) in [5.74, 6) is -0.730. The summed E-state index contributed by atoms with van der Waals surface area (Å²) in [6, 6.07) is 12.2. The van der Waals surface area contributed by atoms with Crippen LogP contribution in [-0.4, -0.2) is 48.9 Å². The van der Waals surface area contributed by atoms with Gasteiger partial charge in [0.2, 0.25) is 11.8 Å². The summed E-state index contributed by atoms with van der Waals surface area (Å²) in [6.45, 7) is 4.65. The zero-order valence-electron chi connectivity index (χ0n) is 20.8. The highest BCUT2D eigenvalue weighted by molar-refractivity contribution is 6.30. The fourth-order valence-corrected chi connectivity index (χ4v) is 5.46. The molecule has 2 fully saturated rings. The summed E-state index contributed by atoms with van der Waals surface area (Å²) < 4.78 is 14.0. The molecule has 0 aliphatic carbocycles. The molecule has 0 bridgehead atoms. The maximum atomic E-state index is 14.0. The van der Waals surface area contributed by atoms with Crippen LogP contribution in [0.5, 0.6) is 0 Å². The molecule has 1 unspecified atom stereocenters. The highest BCUT2D eigenvalue weighted by Gasteiger charge is 2.62. The first-order valence-corrected chi connectivity index (χ1v) is 12.7. The largest absolute Gasteiger partial charge is 0.357 e. The lowest BCUT2D eigenvalue weighted by molar-refractivity contribution is -0.144. The fourth-order valence-electron chi connectivity index (χ4n) is 5.34. The van der Waals surface area contributed by atoms with E-state index in [2.05, 4.69) is 10.6 Å². The monoisotopic (exact) mass is 514 g/mol. The Labute approximate surface area is 216 Å². The van der Waals surface area contributed by atoms with Crippen LogP contribution in [0.4, 0.5) is 14.9 Å². The Morgan fingerprint density at radius 1 is 1.17 bits per heavy atom. The predicted molar refractivity (Wildman–Crippen MR) is 137 cm³/mol. The van der Waals surface area contributed by atoms with Gasteiger partial charge >= 0.3 is 6.03 Å². The van der Waals surface area contributed by atoms with Gasteiger partial charge in [-0.15, -0.1) is 0 Å². The standard InChI is InChI=1S/C27H32ClFN4O3/c1-4-17(2)22(24(34)30-3)31-26(36)32-14-12-27(13-15-32)23(18-8-10-19(28)11-9-18)33(25(27)35)21-7-5-6-20(29)16-21/h5-11,16-17,22-23H,4,12-15H2,1-3H3,(H,30,34)(H,31,36)/t17-,22-,23?/m1/s1. The van der Waals surface area contributed by atoms with Gasteiger partial charge in [-0.2, -0.15) is 0 Å². The third-order valence-corrected chi connectivity index (χ3v) is 7.91. The van der Waals surface area contributed by atoms with Crippen molar-refractivity contribution < 1.29 is 18.8 Å². The summed E-state index contributed by atoms with van der Waals surface area (Å²) in [4.78, 5) is 42.3. The first kappa shape index (κ1) is 25.9. The highest BCUT2D eigenvalue weighted by atomic mass is 35.5. The van der Waals surface area contributed by atoms with E-state index in [1.165, 1.54) is 12.1 Å². The minimum Gasteiger partial charge on any atom is -0.357 e. The van der Waals surface area contributed by atoms with Crippen LogP contribution < -0.4 is 15.5 Å². The SMILES string of the molecule is CC[C@@H](C)[C@@H](NC(=O)N1CCC2(CC1)C(=O)N(c1cccc(F)c1)C2c1ccc(Cl)cc1)C(=O)NC. The van der Waals surface area contributed by atoms with Gasteiger partial charge in [0.05, 0.1) is 11.5 Å². The van der Waals surface area contributed by atoms with Crippen LogP contribution >= 0.6 is 11.6 Å². The van der Waals surface area contributed by atoms with Crippen molar-refractivity contribution in [2.45, 2.75) is 45.2 Å². The lowest BCUT2D eigenvalue weighted by Gasteiger charge is -2.59. The van der Waals surface area contributed by atoms with E-state index in [9.17, 15) is 18.8 Å². The van der Waals surface area contributed by atoms with Crippen molar-refractivity contribution in [3.05, 3.63) is 64.9 Å². The Bertz CT molecular complexity index is 1130. The predicted octanol–water partition coefficient (Wildman–Crippen LogP) is 4.52. The number of halogens is 2. The molecule has 2 heterocycles. The van der Waals surface area contributed by atoms with Gasteiger partial charge in [0, 0.05) is 30.8 Å². The van der Waals surface area contributed by atoms with Gasteiger partial charge in [-0.25, -0.2) is 9.18 Å². The van der Waals surface area contributed by atoms with Gasteiger partial charge in [-0.1, -0.05) is 50.1 Å². The lowest BCUT2D eigenvalue weighted by atomic mass is 9.62. The second-order valence-corrected chi connectivity index (χ2v) is 10.1. The minimum atomic E-state index is -0.701. The number of amides is 4. The summed E-state index contributed by atoms with van der Waals surface area (Å²) in [5.41, 5.74) is 0.721. The number of anilines is 1. The van der Waals surface area contributed by atoms with Gasteiger partial charge in [0.15, 0.2) is 0 Å². The molecule has 192 valence electrons. The second kappa shape index (κ2) is 10.5. The molecule has 9 heteroatoms. The number of nitrogens with zero attached hydrogens (tertiary/aromatic N) is 2. The summed E-state index contributed by atoms with van der Waals surface area (Å²) in [6.07, 6.45) is 1.67. The van der Waals surface area contributed by atoms with Crippen molar-refractivity contribution in [3.8, 4) is 0 Å². The molecule has 4 amide bonds. The molecule has 2 aliphatic rings. The number of carbonyl (C=O) groups excluding carboxylic acids is 3. The number of likely N-dealkylation sites (tertiary alicyclic amines) is 1. The number of rotatable bonds is 6. The van der Waals surface area contributed by atoms with Gasteiger partial charge < -0.3 is 20.4 Å². The topological polar surface area (TPSA) is 81.8 Å². The number of β-lactam (4-membered cyclic amide) rings is 1. The zero-order chi connectivity index (χ0) is 26.0. The second-order valence-electron chi connectivity index (χ2n) is 9.68. The van der Waals surface area contributed by atoms with Crippen LogP contribution in [0.2, 0.25) is 5.02 Å². The number of likely N-dealkylation sites (N-methyl/N-ethyl adjacent to an activating group) is 1. The molecule has 1 spiro atoms. The van der Waals surface area contributed by atoms with E-state index in [0.717, 1.165) is 12.0 Å². The number of urea groups is 1. The summed E-state index contributed by atoms with van der Waals surface area (Å²) >= 11 is 6.11. The number of carbonyl (C=O) groups is 3. The van der Waals surface area contributed by atoms with Gasteiger partial charge in [0.25, 0.3) is 0 Å². The van der Waals surface area contributed by atoms with Crippen LogP contribution in [0.3, 0.4) is 0 Å². The number of benzene rings is 2. The molecule has 2 aromatic carbocycles. The number of piperidine rings is 1. The van der Waals surface area contributed by atoms with Crippen molar-refractivity contribution in [1.29, 1.82) is 0 Å². The zero-order valence-corrected chi connectivity index (χ0v) is 21.5. The maximum absolute atomic E-state index is 14.0. The average molecular weight is 515 g/mol. The molecule has 3 atom stereocenters.